The molecular formula is C17H33N. The lowest BCUT2D eigenvalue weighted by Gasteiger charge is -2.27. The molecule has 2 aliphatic rings. The van der Waals surface area contributed by atoms with E-state index in [1.54, 1.807) is 0 Å². The Morgan fingerprint density at radius 1 is 0.889 bits per heavy atom. The molecule has 0 aromatic heterocycles. The molecule has 1 heteroatoms. The second-order valence-corrected chi connectivity index (χ2v) is 6.72. The minimum atomic E-state index is 0.818. The van der Waals surface area contributed by atoms with Crippen LogP contribution in [-0.2, 0) is 0 Å². The predicted molar refractivity (Wildman–Crippen MR) is 79.8 cm³/mol. The van der Waals surface area contributed by atoms with E-state index in [1.807, 2.05) is 0 Å². The van der Waals surface area contributed by atoms with Crippen LogP contribution in [0.5, 0.6) is 0 Å². The van der Waals surface area contributed by atoms with Crippen LogP contribution in [0.1, 0.15) is 84.0 Å². The monoisotopic (exact) mass is 251 g/mol. The molecule has 0 spiro atoms. The van der Waals surface area contributed by atoms with E-state index in [0.717, 1.165) is 24.4 Å². The number of nitrogens with one attached hydrogen (secondary N) is 1. The fourth-order valence-electron chi connectivity index (χ4n) is 4.15. The zero-order valence-electron chi connectivity index (χ0n) is 12.4. The van der Waals surface area contributed by atoms with Crippen LogP contribution < -0.4 is 5.32 Å². The molecule has 0 radical (unpaired) electrons. The normalized spacial score (nSPS) is 24.5. The van der Waals surface area contributed by atoms with E-state index in [9.17, 15) is 0 Å². The number of hydrogen-bond acceptors (Lipinski definition) is 1. The van der Waals surface area contributed by atoms with E-state index < -0.39 is 0 Å². The molecule has 0 aliphatic heterocycles. The first-order valence-electron chi connectivity index (χ1n) is 8.62. The van der Waals surface area contributed by atoms with Crippen LogP contribution in [0.15, 0.2) is 0 Å². The molecule has 1 N–H and O–H groups in total. The Morgan fingerprint density at radius 3 is 2.17 bits per heavy atom. The average Bonchev–Trinajstić information content (AvgIpc) is 2.91. The summed E-state index contributed by atoms with van der Waals surface area (Å²) in [5.74, 6) is 2.10. The molecule has 0 aromatic carbocycles. The molecule has 0 amide bonds. The standard InChI is InChI=1S/C17H33N/c1-2-18-17(13-12-15-8-6-7-9-15)14-16-10-4-3-5-11-16/h15-18H,2-14H2,1H3. The summed E-state index contributed by atoms with van der Waals surface area (Å²) in [5, 5.41) is 3.75. The maximum absolute atomic E-state index is 3.75. The van der Waals surface area contributed by atoms with Crippen molar-refractivity contribution in [3.8, 4) is 0 Å². The van der Waals surface area contributed by atoms with E-state index in [4.69, 9.17) is 0 Å². The van der Waals surface area contributed by atoms with Crippen LogP contribution in [0.25, 0.3) is 0 Å². The molecule has 2 rings (SSSR count). The highest BCUT2D eigenvalue weighted by atomic mass is 14.9. The average molecular weight is 251 g/mol. The quantitative estimate of drug-likeness (QED) is 0.678. The second-order valence-electron chi connectivity index (χ2n) is 6.72. The zero-order valence-corrected chi connectivity index (χ0v) is 12.4. The summed E-state index contributed by atoms with van der Waals surface area (Å²) >= 11 is 0. The van der Waals surface area contributed by atoms with Gasteiger partial charge < -0.3 is 5.32 Å². The van der Waals surface area contributed by atoms with Gasteiger partial charge in [0.05, 0.1) is 0 Å². The fourth-order valence-corrected chi connectivity index (χ4v) is 4.15. The van der Waals surface area contributed by atoms with E-state index in [-0.39, 0.29) is 0 Å². The van der Waals surface area contributed by atoms with Crippen LogP contribution in [0, 0.1) is 11.8 Å². The van der Waals surface area contributed by atoms with Crippen molar-refractivity contribution in [3.05, 3.63) is 0 Å². The third kappa shape index (κ3) is 4.91. The largest absolute Gasteiger partial charge is 0.314 e. The summed E-state index contributed by atoms with van der Waals surface area (Å²) in [6, 6.07) is 0.818. The van der Waals surface area contributed by atoms with Crippen LogP contribution in [0.3, 0.4) is 0 Å². The van der Waals surface area contributed by atoms with E-state index >= 15 is 0 Å². The Balaban J connectivity index is 1.68. The van der Waals surface area contributed by atoms with Gasteiger partial charge in [-0.1, -0.05) is 64.7 Å². The van der Waals surface area contributed by atoms with Gasteiger partial charge in [-0.15, -0.1) is 0 Å². The van der Waals surface area contributed by atoms with Gasteiger partial charge in [0.15, 0.2) is 0 Å². The minimum absolute atomic E-state index is 0.818. The van der Waals surface area contributed by atoms with Crippen LogP contribution >= 0.6 is 0 Å². The summed E-state index contributed by atoms with van der Waals surface area (Å²) < 4.78 is 0. The molecule has 2 fully saturated rings. The zero-order chi connectivity index (χ0) is 12.6. The van der Waals surface area contributed by atoms with Crippen LogP contribution in [0.2, 0.25) is 0 Å². The van der Waals surface area contributed by atoms with E-state index in [1.165, 1.54) is 77.0 Å². The van der Waals surface area contributed by atoms with Crippen LogP contribution in [-0.4, -0.2) is 12.6 Å². The van der Waals surface area contributed by atoms with E-state index in [0.29, 0.717) is 0 Å². The van der Waals surface area contributed by atoms with Gasteiger partial charge in [0.25, 0.3) is 0 Å². The first-order chi connectivity index (χ1) is 8.88. The highest BCUT2D eigenvalue weighted by Crippen LogP contribution is 2.31. The fraction of sp³-hybridized carbons (Fsp3) is 1.00. The van der Waals surface area contributed by atoms with Crippen molar-refractivity contribution < 1.29 is 0 Å². The van der Waals surface area contributed by atoms with Gasteiger partial charge in [-0.3, -0.25) is 0 Å². The van der Waals surface area contributed by atoms with Crippen LogP contribution in [0.4, 0.5) is 0 Å². The van der Waals surface area contributed by atoms with Crippen molar-refractivity contribution in [3.63, 3.8) is 0 Å². The Labute approximate surface area is 114 Å². The molecule has 0 heterocycles. The van der Waals surface area contributed by atoms with Gasteiger partial charge in [0.2, 0.25) is 0 Å². The smallest absolute Gasteiger partial charge is 0.00696 e. The van der Waals surface area contributed by atoms with Crippen molar-refractivity contribution in [2.75, 3.05) is 6.54 Å². The molecular weight excluding hydrogens is 218 g/mol. The highest BCUT2D eigenvalue weighted by molar-refractivity contribution is 4.77. The lowest BCUT2D eigenvalue weighted by atomic mass is 9.83. The van der Waals surface area contributed by atoms with Crippen molar-refractivity contribution >= 4 is 0 Å². The topological polar surface area (TPSA) is 12.0 Å². The first-order valence-corrected chi connectivity index (χ1v) is 8.62. The first kappa shape index (κ1) is 14.4. The SMILES string of the molecule is CCNC(CCC1CCCC1)CC1CCCCC1. The summed E-state index contributed by atoms with van der Waals surface area (Å²) in [4.78, 5) is 0. The van der Waals surface area contributed by atoms with Gasteiger partial charge in [-0.2, -0.15) is 0 Å². The molecule has 106 valence electrons. The summed E-state index contributed by atoms with van der Waals surface area (Å²) in [6.07, 6.45) is 17.9. The van der Waals surface area contributed by atoms with Crippen molar-refractivity contribution in [1.29, 1.82) is 0 Å². The number of rotatable bonds is 7. The molecule has 1 nitrogen and oxygen atoms in total. The van der Waals surface area contributed by atoms with Gasteiger partial charge in [-0.05, 0) is 37.6 Å². The van der Waals surface area contributed by atoms with Crippen molar-refractivity contribution in [2.45, 2.75) is 90.0 Å². The summed E-state index contributed by atoms with van der Waals surface area (Å²) in [6.45, 7) is 3.42. The van der Waals surface area contributed by atoms with Gasteiger partial charge >= 0.3 is 0 Å². The van der Waals surface area contributed by atoms with Gasteiger partial charge in [0, 0.05) is 6.04 Å². The Hall–Kier alpha value is -0.0400. The van der Waals surface area contributed by atoms with Crippen molar-refractivity contribution in [1.82, 2.24) is 5.32 Å². The molecule has 2 aliphatic carbocycles. The van der Waals surface area contributed by atoms with Crippen molar-refractivity contribution in [2.24, 2.45) is 11.8 Å². The Kier molecular flexibility index (Phi) is 6.54. The molecule has 1 atom stereocenters. The maximum atomic E-state index is 3.75. The van der Waals surface area contributed by atoms with Gasteiger partial charge in [0.1, 0.15) is 0 Å². The van der Waals surface area contributed by atoms with Gasteiger partial charge in [-0.25, -0.2) is 0 Å². The highest BCUT2D eigenvalue weighted by Gasteiger charge is 2.21. The predicted octanol–water partition coefficient (Wildman–Crippen LogP) is 4.91. The molecule has 0 bridgehead atoms. The Bertz CT molecular complexity index is 202. The lowest BCUT2D eigenvalue weighted by molar-refractivity contribution is 0.282. The molecule has 0 aromatic rings. The summed E-state index contributed by atoms with van der Waals surface area (Å²) in [5.41, 5.74) is 0. The summed E-state index contributed by atoms with van der Waals surface area (Å²) in [7, 11) is 0. The van der Waals surface area contributed by atoms with E-state index in [2.05, 4.69) is 12.2 Å². The molecule has 1 unspecified atom stereocenters. The molecule has 18 heavy (non-hydrogen) atoms. The number of hydrogen-bond donors (Lipinski definition) is 1. The third-order valence-corrected chi connectivity index (χ3v) is 5.23. The minimum Gasteiger partial charge on any atom is -0.314 e. The second kappa shape index (κ2) is 8.19. The maximum Gasteiger partial charge on any atom is 0.00696 e. The third-order valence-electron chi connectivity index (χ3n) is 5.23. The Morgan fingerprint density at radius 2 is 1.50 bits per heavy atom. The molecule has 0 saturated heterocycles. The molecule has 2 saturated carbocycles. The lowest BCUT2D eigenvalue weighted by Crippen LogP contribution is -2.32.